The van der Waals surface area contributed by atoms with Gasteiger partial charge in [-0.2, -0.15) is 11.8 Å². The molecule has 1 atom stereocenters. The number of carbonyl (C=O) groups is 2. The molecular formula is C12H15BrN2O3S. The van der Waals surface area contributed by atoms with Gasteiger partial charge in [0.2, 0.25) is 5.91 Å². The molecule has 1 amide bonds. The number of hydrogen-bond acceptors (Lipinski definition) is 5. The number of rotatable bonds is 6. The van der Waals surface area contributed by atoms with E-state index in [1.807, 2.05) is 0 Å². The highest BCUT2D eigenvalue weighted by Gasteiger charge is 2.13. The Morgan fingerprint density at radius 3 is 2.84 bits per heavy atom. The van der Waals surface area contributed by atoms with Crippen molar-refractivity contribution in [2.75, 3.05) is 23.9 Å². The van der Waals surface area contributed by atoms with Crippen LogP contribution in [0, 0.1) is 5.92 Å². The summed E-state index contributed by atoms with van der Waals surface area (Å²) in [7, 11) is 1.36. The monoisotopic (exact) mass is 346 g/mol. The molecule has 0 saturated carbocycles. The third-order valence-corrected chi connectivity index (χ3v) is 3.87. The minimum Gasteiger partial charge on any atom is -0.469 e. The standard InChI is InChI=1S/C12H15BrN2O3S/c1-8(12(17)18-2)6-19-7-11(16)15-10-4-3-9(13)5-14-10/h3-5,8H,6-7H2,1-2H3,(H,14,15,16). The predicted octanol–water partition coefficient (Wildman–Crippen LogP) is 2.32. The van der Waals surface area contributed by atoms with Crippen LogP contribution in [0.1, 0.15) is 6.92 Å². The summed E-state index contributed by atoms with van der Waals surface area (Å²) in [6.07, 6.45) is 1.61. The second-order valence-electron chi connectivity index (χ2n) is 3.85. The molecule has 0 bridgehead atoms. The van der Waals surface area contributed by atoms with E-state index in [9.17, 15) is 9.59 Å². The third kappa shape index (κ3) is 6.07. The quantitative estimate of drug-likeness (QED) is 0.800. The van der Waals surface area contributed by atoms with Gasteiger partial charge in [-0.1, -0.05) is 6.92 Å². The van der Waals surface area contributed by atoms with Crippen molar-refractivity contribution in [3.63, 3.8) is 0 Å². The van der Waals surface area contributed by atoms with E-state index in [0.29, 0.717) is 11.6 Å². The molecule has 1 N–H and O–H groups in total. The number of anilines is 1. The lowest BCUT2D eigenvalue weighted by Gasteiger charge is -2.08. The first kappa shape index (κ1) is 16.0. The average Bonchev–Trinajstić information content (AvgIpc) is 2.40. The van der Waals surface area contributed by atoms with Gasteiger partial charge in [-0.05, 0) is 28.1 Å². The molecule has 7 heteroatoms. The summed E-state index contributed by atoms with van der Waals surface area (Å²) < 4.78 is 5.46. The van der Waals surface area contributed by atoms with Gasteiger partial charge in [0, 0.05) is 16.4 Å². The van der Waals surface area contributed by atoms with Crippen LogP contribution in [0.4, 0.5) is 5.82 Å². The summed E-state index contributed by atoms with van der Waals surface area (Å²) in [5.74, 6) is 0.718. The molecule has 1 aromatic rings. The Labute approximate surface area is 124 Å². The van der Waals surface area contributed by atoms with E-state index in [-0.39, 0.29) is 23.5 Å². The zero-order chi connectivity index (χ0) is 14.3. The summed E-state index contributed by atoms with van der Waals surface area (Å²) in [6.45, 7) is 1.77. The molecule has 0 saturated heterocycles. The van der Waals surface area contributed by atoms with Crippen LogP contribution in [-0.4, -0.2) is 35.5 Å². The maximum atomic E-state index is 11.6. The topological polar surface area (TPSA) is 68.3 Å². The van der Waals surface area contributed by atoms with Crippen LogP contribution >= 0.6 is 27.7 Å². The van der Waals surface area contributed by atoms with E-state index in [1.54, 1.807) is 25.3 Å². The Bertz CT molecular complexity index is 439. The SMILES string of the molecule is COC(=O)C(C)CSCC(=O)Nc1ccc(Br)cn1. The number of hydrogen-bond donors (Lipinski definition) is 1. The van der Waals surface area contributed by atoms with Gasteiger partial charge in [0.05, 0.1) is 18.8 Å². The lowest BCUT2D eigenvalue weighted by Crippen LogP contribution is -2.18. The molecule has 0 fully saturated rings. The molecule has 1 unspecified atom stereocenters. The number of pyridine rings is 1. The fourth-order valence-electron chi connectivity index (χ4n) is 1.23. The van der Waals surface area contributed by atoms with Gasteiger partial charge in [-0.15, -0.1) is 0 Å². The van der Waals surface area contributed by atoms with Crippen molar-refractivity contribution in [1.82, 2.24) is 4.98 Å². The third-order valence-electron chi connectivity index (χ3n) is 2.20. The minimum absolute atomic E-state index is 0.142. The number of halogens is 1. The van der Waals surface area contributed by atoms with Crippen LogP contribution in [0.15, 0.2) is 22.8 Å². The highest BCUT2D eigenvalue weighted by molar-refractivity contribution is 9.10. The molecule has 1 rings (SSSR count). The number of nitrogens with one attached hydrogen (secondary N) is 1. The first-order valence-electron chi connectivity index (χ1n) is 5.60. The number of esters is 1. The summed E-state index contributed by atoms with van der Waals surface area (Å²) in [5, 5.41) is 2.68. The summed E-state index contributed by atoms with van der Waals surface area (Å²) in [4.78, 5) is 26.8. The molecule has 5 nitrogen and oxygen atoms in total. The van der Waals surface area contributed by atoms with Crippen LogP contribution in [-0.2, 0) is 14.3 Å². The molecule has 0 aromatic carbocycles. The molecule has 1 heterocycles. The van der Waals surface area contributed by atoms with Crippen LogP contribution < -0.4 is 5.32 Å². The number of ether oxygens (including phenoxy) is 1. The minimum atomic E-state index is -0.262. The van der Waals surface area contributed by atoms with E-state index in [2.05, 4.69) is 31.0 Å². The van der Waals surface area contributed by atoms with Gasteiger partial charge < -0.3 is 10.1 Å². The number of amides is 1. The second-order valence-corrected chi connectivity index (χ2v) is 5.80. The molecule has 1 aromatic heterocycles. The van der Waals surface area contributed by atoms with E-state index < -0.39 is 0 Å². The van der Waals surface area contributed by atoms with Crippen molar-refractivity contribution in [2.24, 2.45) is 5.92 Å². The number of carbonyl (C=O) groups excluding carboxylic acids is 2. The molecular weight excluding hydrogens is 332 g/mol. The Kier molecular flexibility index (Phi) is 6.86. The normalized spacial score (nSPS) is 11.7. The number of aromatic nitrogens is 1. The van der Waals surface area contributed by atoms with Crippen molar-refractivity contribution in [3.05, 3.63) is 22.8 Å². The highest BCUT2D eigenvalue weighted by atomic mass is 79.9. The van der Waals surface area contributed by atoms with Gasteiger partial charge in [0.15, 0.2) is 0 Å². The fourth-order valence-corrected chi connectivity index (χ4v) is 2.33. The first-order valence-corrected chi connectivity index (χ1v) is 7.54. The number of nitrogens with zero attached hydrogens (tertiary/aromatic N) is 1. The Balaban J connectivity index is 2.28. The fraction of sp³-hybridized carbons (Fsp3) is 0.417. The van der Waals surface area contributed by atoms with Crippen LogP contribution in [0.3, 0.4) is 0 Å². The maximum Gasteiger partial charge on any atom is 0.309 e. The van der Waals surface area contributed by atoms with Gasteiger partial charge in [-0.25, -0.2) is 4.98 Å². The summed E-state index contributed by atoms with van der Waals surface area (Å²) >= 11 is 4.65. The lowest BCUT2D eigenvalue weighted by molar-refractivity contribution is -0.144. The van der Waals surface area contributed by atoms with Crippen molar-refractivity contribution < 1.29 is 14.3 Å². The van der Waals surface area contributed by atoms with E-state index in [4.69, 9.17) is 0 Å². The molecule has 0 aliphatic rings. The molecule has 0 radical (unpaired) electrons. The van der Waals surface area contributed by atoms with Crippen LogP contribution in [0.5, 0.6) is 0 Å². The van der Waals surface area contributed by atoms with E-state index in [1.165, 1.54) is 18.9 Å². The Morgan fingerprint density at radius 1 is 1.53 bits per heavy atom. The van der Waals surface area contributed by atoms with Crippen molar-refractivity contribution in [2.45, 2.75) is 6.92 Å². The Hall–Kier alpha value is -1.08. The molecule has 0 spiro atoms. The first-order chi connectivity index (χ1) is 9.02. The second kappa shape index (κ2) is 8.16. The van der Waals surface area contributed by atoms with Gasteiger partial charge in [0.1, 0.15) is 5.82 Å². The summed E-state index contributed by atoms with van der Waals surface area (Å²) in [5.41, 5.74) is 0. The number of methoxy groups -OCH3 is 1. The smallest absolute Gasteiger partial charge is 0.309 e. The number of thioether (sulfide) groups is 1. The zero-order valence-electron chi connectivity index (χ0n) is 10.7. The predicted molar refractivity (Wildman–Crippen MR) is 79.1 cm³/mol. The summed E-state index contributed by atoms with van der Waals surface area (Å²) in [6, 6.07) is 3.51. The van der Waals surface area contributed by atoms with Crippen molar-refractivity contribution in [3.8, 4) is 0 Å². The molecule has 0 aliphatic heterocycles. The largest absolute Gasteiger partial charge is 0.469 e. The molecule has 0 aliphatic carbocycles. The van der Waals surface area contributed by atoms with E-state index >= 15 is 0 Å². The zero-order valence-corrected chi connectivity index (χ0v) is 13.1. The average molecular weight is 347 g/mol. The highest BCUT2D eigenvalue weighted by Crippen LogP contribution is 2.12. The van der Waals surface area contributed by atoms with Crippen LogP contribution in [0.25, 0.3) is 0 Å². The van der Waals surface area contributed by atoms with Gasteiger partial charge >= 0.3 is 5.97 Å². The molecule has 104 valence electrons. The van der Waals surface area contributed by atoms with Crippen molar-refractivity contribution in [1.29, 1.82) is 0 Å². The van der Waals surface area contributed by atoms with E-state index in [0.717, 1.165) is 4.47 Å². The lowest BCUT2D eigenvalue weighted by atomic mass is 10.2. The van der Waals surface area contributed by atoms with Crippen molar-refractivity contribution >= 4 is 45.4 Å². The maximum absolute atomic E-state index is 11.6. The van der Waals surface area contributed by atoms with Crippen LogP contribution in [0.2, 0.25) is 0 Å². The Morgan fingerprint density at radius 2 is 2.26 bits per heavy atom. The van der Waals surface area contributed by atoms with Gasteiger partial charge in [-0.3, -0.25) is 9.59 Å². The van der Waals surface area contributed by atoms with Gasteiger partial charge in [0.25, 0.3) is 0 Å². The molecule has 19 heavy (non-hydrogen) atoms.